The number of rotatable bonds is 9. The Balaban J connectivity index is 2.35. The molecule has 0 radical (unpaired) electrons. The molecule has 3 heteroatoms. The molecule has 20 heavy (non-hydrogen) atoms. The van der Waals surface area contributed by atoms with Crippen LogP contribution in [0.2, 0.25) is 0 Å². The molecule has 118 valence electrons. The third kappa shape index (κ3) is 7.28. The zero-order valence-corrected chi connectivity index (χ0v) is 13.9. The number of carbonyl (C=O) groups is 1. The molecule has 1 unspecified atom stereocenters. The second kappa shape index (κ2) is 9.38. The van der Waals surface area contributed by atoms with Gasteiger partial charge in [0, 0.05) is 26.1 Å². The average Bonchev–Trinajstić information content (AvgIpc) is 2.88. The molecule has 1 saturated heterocycles. The van der Waals surface area contributed by atoms with E-state index in [4.69, 9.17) is 4.74 Å². The molecular formula is C17H33NO2. The molecule has 1 atom stereocenters. The highest BCUT2D eigenvalue weighted by atomic mass is 16.5. The first kappa shape index (κ1) is 17.5. The largest absolute Gasteiger partial charge is 0.378 e. The monoisotopic (exact) mass is 283 g/mol. The Labute approximate surface area is 125 Å². The molecule has 1 aliphatic rings. The van der Waals surface area contributed by atoms with Gasteiger partial charge in [0.25, 0.3) is 0 Å². The van der Waals surface area contributed by atoms with Crippen LogP contribution < -0.4 is 0 Å². The van der Waals surface area contributed by atoms with Gasteiger partial charge in [-0.2, -0.15) is 0 Å². The van der Waals surface area contributed by atoms with E-state index in [1.165, 1.54) is 0 Å². The first-order chi connectivity index (χ1) is 9.49. The Morgan fingerprint density at radius 2 is 1.75 bits per heavy atom. The molecule has 1 aliphatic heterocycles. The summed E-state index contributed by atoms with van der Waals surface area (Å²) in [7, 11) is 0. The molecule has 0 bridgehead atoms. The zero-order valence-electron chi connectivity index (χ0n) is 13.9. The molecule has 0 saturated carbocycles. The molecule has 0 aliphatic carbocycles. The van der Waals surface area contributed by atoms with Gasteiger partial charge in [-0.1, -0.05) is 27.7 Å². The lowest BCUT2D eigenvalue weighted by Gasteiger charge is -2.25. The Morgan fingerprint density at radius 3 is 2.20 bits per heavy atom. The van der Waals surface area contributed by atoms with Crippen LogP contribution in [0.25, 0.3) is 0 Å². The SMILES string of the molecule is CC(C)CCN(CCC(C)C)C(=O)CCC1CCCO1. The summed E-state index contributed by atoms with van der Waals surface area (Å²) < 4.78 is 5.61. The molecule has 1 rings (SSSR count). The first-order valence-corrected chi connectivity index (χ1v) is 8.38. The lowest BCUT2D eigenvalue weighted by molar-refractivity contribution is -0.132. The van der Waals surface area contributed by atoms with Crippen molar-refractivity contribution < 1.29 is 9.53 Å². The van der Waals surface area contributed by atoms with Crippen molar-refractivity contribution in [2.45, 2.75) is 72.3 Å². The van der Waals surface area contributed by atoms with Crippen molar-refractivity contribution in [3.8, 4) is 0 Å². The summed E-state index contributed by atoms with van der Waals surface area (Å²) in [5.41, 5.74) is 0. The maximum absolute atomic E-state index is 12.4. The highest BCUT2D eigenvalue weighted by molar-refractivity contribution is 5.76. The number of hydrogen-bond donors (Lipinski definition) is 0. The van der Waals surface area contributed by atoms with Gasteiger partial charge in [0.05, 0.1) is 6.10 Å². The molecule has 0 aromatic heterocycles. The fraction of sp³-hybridized carbons (Fsp3) is 0.941. The third-order valence-electron chi connectivity index (χ3n) is 4.01. The smallest absolute Gasteiger partial charge is 0.222 e. The molecular weight excluding hydrogens is 250 g/mol. The Morgan fingerprint density at radius 1 is 1.15 bits per heavy atom. The standard InChI is InChI=1S/C17H33NO2/c1-14(2)9-11-18(12-10-15(3)4)17(19)8-7-16-6-5-13-20-16/h14-16H,5-13H2,1-4H3. The van der Waals surface area contributed by atoms with Gasteiger partial charge < -0.3 is 9.64 Å². The molecule has 0 aromatic rings. The van der Waals surface area contributed by atoms with Gasteiger partial charge in [-0.15, -0.1) is 0 Å². The van der Waals surface area contributed by atoms with Gasteiger partial charge in [-0.3, -0.25) is 4.79 Å². The first-order valence-electron chi connectivity index (χ1n) is 8.38. The topological polar surface area (TPSA) is 29.5 Å². The van der Waals surface area contributed by atoms with Gasteiger partial charge in [-0.25, -0.2) is 0 Å². The van der Waals surface area contributed by atoms with Crippen LogP contribution in [0.3, 0.4) is 0 Å². The second-order valence-corrected chi connectivity index (χ2v) is 6.92. The lowest BCUT2D eigenvalue weighted by Crippen LogP contribution is -2.34. The molecule has 0 spiro atoms. The number of nitrogens with zero attached hydrogens (tertiary/aromatic N) is 1. The maximum atomic E-state index is 12.4. The number of carbonyl (C=O) groups excluding carboxylic acids is 1. The minimum Gasteiger partial charge on any atom is -0.378 e. The van der Waals surface area contributed by atoms with Crippen LogP contribution in [-0.4, -0.2) is 36.6 Å². The quantitative estimate of drug-likeness (QED) is 0.643. The van der Waals surface area contributed by atoms with Crippen molar-refractivity contribution in [1.82, 2.24) is 4.90 Å². The van der Waals surface area contributed by atoms with Crippen molar-refractivity contribution in [3.63, 3.8) is 0 Å². The van der Waals surface area contributed by atoms with Crippen LogP contribution in [0.1, 0.15) is 66.2 Å². The summed E-state index contributed by atoms with van der Waals surface area (Å²) in [6.07, 6.45) is 6.37. The summed E-state index contributed by atoms with van der Waals surface area (Å²) in [4.78, 5) is 14.5. The predicted molar refractivity (Wildman–Crippen MR) is 83.7 cm³/mol. The van der Waals surface area contributed by atoms with Crippen LogP contribution >= 0.6 is 0 Å². The number of amides is 1. The Bertz CT molecular complexity index is 258. The van der Waals surface area contributed by atoms with E-state index in [2.05, 4.69) is 32.6 Å². The minimum atomic E-state index is 0.321. The van der Waals surface area contributed by atoms with Crippen molar-refractivity contribution >= 4 is 5.91 Å². The zero-order chi connectivity index (χ0) is 15.0. The van der Waals surface area contributed by atoms with E-state index in [-0.39, 0.29) is 0 Å². The minimum absolute atomic E-state index is 0.321. The summed E-state index contributed by atoms with van der Waals surface area (Å²) in [6.45, 7) is 11.6. The molecule has 1 amide bonds. The Kier molecular flexibility index (Phi) is 8.20. The third-order valence-corrected chi connectivity index (χ3v) is 4.01. The normalized spacial score (nSPS) is 19.0. The fourth-order valence-corrected chi connectivity index (χ4v) is 2.50. The highest BCUT2D eigenvalue weighted by Gasteiger charge is 2.19. The lowest BCUT2D eigenvalue weighted by atomic mass is 10.1. The van der Waals surface area contributed by atoms with Crippen molar-refractivity contribution in [2.75, 3.05) is 19.7 Å². The van der Waals surface area contributed by atoms with E-state index in [0.717, 1.165) is 51.8 Å². The second-order valence-electron chi connectivity index (χ2n) is 6.92. The van der Waals surface area contributed by atoms with Gasteiger partial charge in [-0.05, 0) is 43.9 Å². The van der Waals surface area contributed by atoms with Gasteiger partial charge >= 0.3 is 0 Å². The average molecular weight is 283 g/mol. The van der Waals surface area contributed by atoms with E-state index in [0.29, 0.717) is 30.3 Å². The summed E-state index contributed by atoms with van der Waals surface area (Å²) in [5.74, 6) is 1.63. The van der Waals surface area contributed by atoms with Crippen LogP contribution in [0.5, 0.6) is 0 Å². The molecule has 1 fully saturated rings. The molecule has 1 heterocycles. The van der Waals surface area contributed by atoms with Gasteiger partial charge in [0.1, 0.15) is 0 Å². The van der Waals surface area contributed by atoms with Gasteiger partial charge in [0.2, 0.25) is 5.91 Å². The van der Waals surface area contributed by atoms with Crippen LogP contribution in [0.4, 0.5) is 0 Å². The van der Waals surface area contributed by atoms with Gasteiger partial charge in [0.15, 0.2) is 0 Å². The summed E-state index contributed by atoms with van der Waals surface area (Å²) >= 11 is 0. The van der Waals surface area contributed by atoms with Crippen molar-refractivity contribution in [1.29, 1.82) is 0 Å². The summed E-state index contributed by atoms with van der Waals surface area (Å²) in [5, 5.41) is 0. The number of ether oxygens (including phenoxy) is 1. The van der Waals surface area contributed by atoms with E-state index >= 15 is 0 Å². The molecule has 3 nitrogen and oxygen atoms in total. The Hall–Kier alpha value is -0.570. The van der Waals surface area contributed by atoms with E-state index < -0.39 is 0 Å². The van der Waals surface area contributed by atoms with E-state index in [1.54, 1.807) is 0 Å². The van der Waals surface area contributed by atoms with Crippen LogP contribution in [0, 0.1) is 11.8 Å². The fourth-order valence-electron chi connectivity index (χ4n) is 2.50. The number of hydrogen-bond acceptors (Lipinski definition) is 2. The highest BCUT2D eigenvalue weighted by Crippen LogP contribution is 2.18. The van der Waals surface area contributed by atoms with E-state index in [1.807, 2.05) is 0 Å². The van der Waals surface area contributed by atoms with E-state index in [9.17, 15) is 4.79 Å². The predicted octanol–water partition coefficient (Wildman–Crippen LogP) is 3.87. The van der Waals surface area contributed by atoms with Crippen molar-refractivity contribution in [3.05, 3.63) is 0 Å². The van der Waals surface area contributed by atoms with Crippen LogP contribution in [-0.2, 0) is 9.53 Å². The van der Waals surface area contributed by atoms with Crippen molar-refractivity contribution in [2.24, 2.45) is 11.8 Å². The molecule has 0 N–H and O–H groups in total. The summed E-state index contributed by atoms with van der Waals surface area (Å²) in [6, 6.07) is 0. The molecule has 0 aromatic carbocycles. The van der Waals surface area contributed by atoms with Crippen LogP contribution in [0.15, 0.2) is 0 Å². The maximum Gasteiger partial charge on any atom is 0.222 e.